The van der Waals surface area contributed by atoms with Crippen molar-refractivity contribution in [2.75, 3.05) is 27.2 Å². The summed E-state index contributed by atoms with van der Waals surface area (Å²) in [5, 5.41) is 15.3. The van der Waals surface area contributed by atoms with Crippen LogP contribution in [0.4, 0.5) is 4.79 Å². The van der Waals surface area contributed by atoms with Crippen molar-refractivity contribution in [2.45, 2.75) is 64.6 Å². The zero-order valence-corrected chi connectivity index (χ0v) is 24.0. The fourth-order valence-corrected chi connectivity index (χ4v) is 6.30. The molecule has 3 aromatic rings. The van der Waals surface area contributed by atoms with Crippen LogP contribution in [0, 0.1) is 0 Å². The molecule has 0 bridgehead atoms. The fourth-order valence-electron chi connectivity index (χ4n) is 6.30. The molecule has 0 aliphatic carbocycles. The van der Waals surface area contributed by atoms with Gasteiger partial charge in [0.1, 0.15) is 12.4 Å². The molecule has 11 nitrogen and oxygen atoms in total. The molecule has 216 valence electrons. The molecule has 5 heterocycles. The molecular weight excluding hydrogens is 526 g/mol. The Morgan fingerprint density at radius 3 is 2.63 bits per heavy atom. The monoisotopic (exact) mass is 561 g/mol. The number of piperazine rings is 1. The number of amides is 1. The third kappa shape index (κ3) is 4.30. The number of hydrogen-bond donors (Lipinski definition) is 2. The lowest BCUT2D eigenvalue weighted by Crippen LogP contribution is -2.58. The Morgan fingerprint density at radius 1 is 1.22 bits per heavy atom. The standard InChI is InChI=1S/C30H35N5O6/c1-6-30(39)22-10-24-26-18(13-34(24)27(36)21(22)15-40-28(30)37)9-19-20(14-33(4)5)25(8-7-23(19)32-26)41-29(38)35-16(2)11-31-12-17(35)3/h7-10,16-17,31,39H,6,11-15H2,1-5H3/t16-,17-,30?/m1/s1. The van der Waals surface area contributed by atoms with E-state index in [1.807, 2.05) is 45.0 Å². The minimum Gasteiger partial charge on any atom is -0.458 e. The summed E-state index contributed by atoms with van der Waals surface area (Å²) in [5.41, 5.74) is 1.92. The minimum absolute atomic E-state index is 0.00244. The molecule has 3 atom stereocenters. The third-order valence-corrected chi connectivity index (χ3v) is 8.47. The molecule has 1 saturated heterocycles. The van der Waals surface area contributed by atoms with E-state index in [9.17, 15) is 19.5 Å². The number of fused-ring (bicyclic) bond motifs is 5. The maximum Gasteiger partial charge on any atom is 0.415 e. The van der Waals surface area contributed by atoms with Crippen LogP contribution in [-0.2, 0) is 34.8 Å². The van der Waals surface area contributed by atoms with Crippen molar-refractivity contribution in [1.29, 1.82) is 0 Å². The van der Waals surface area contributed by atoms with Crippen molar-refractivity contribution in [2.24, 2.45) is 0 Å². The van der Waals surface area contributed by atoms with Crippen LogP contribution < -0.4 is 15.6 Å². The van der Waals surface area contributed by atoms with Crippen molar-refractivity contribution < 1.29 is 24.2 Å². The van der Waals surface area contributed by atoms with E-state index in [1.54, 1.807) is 28.5 Å². The van der Waals surface area contributed by atoms with Gasteiger partial charge in [-0.2, -0.15) is 0 Å². The van der Waals surface area contributed by atoms with Crippen LogP contribution in [0.2, 0.25) is 0 Å². The van der Waals surface area contributed by atoms with Gasteiger partial charge in [0.2, 0.25) is 0 Å². The normalized spacial score (nSPS) is 23.3. The van der Waals surface area contributed by atoms with E-state index in [4.69, 9.17) is 14.5 Å². The number of rotatable bonds is 4. The van der Waals surface area contributed by atoms with E-state index < -0.39 is 11.6 Å². The van der Waals surface area contributed by atoms with Gasteiger partial charge in [0.05, 0.1) is 29.0 Å². The molecule has 0 radical (unpaired) electrons. The molecule has 3 aliphatic rings. The predicted molar refractivity (Wildman–Crippen MR) is 152 cm³/mol. The Morgan fingerprint density at radius 2 is 1.95 bits per heavy atom. The van der Waals surface area contributed by atoms with Gasteiger partial charge in [0, 0.05) is 53.8 Å². The van der Waals surface area contributed by atoms with Gasteiger partial charge in [-0.05, 0) is 58.6 Å². The Hall–Kier alpha value is -3.80. The molecule has 1 aromatic carbocycles. The van der Waals surface area contributed by atoms with Gasteiger partial charge in [-0.15, -0.1) is 0 Å². The number of cyclic esters (lactones) is 1. The Balaban J connectivity index is 1.45. The fraction of sp³-hybridized carbons (Fsp3) is 0.467. The third-order valence-electron chi connectivity index (χ3n) is 8.47. The summed E-state index contributed by atoms with van der Waals surface area (Å²) in [6, 6.07) is 7.31. The summed E-state index contributed by atoms with van der Waals surface area (Å²) in [6.45, 7) is 7.72. The Labute approximate surface area is 237 Å². The molecule has 0 saturated carbocycles. The first-order valence-corrected chi connectivity index (χ1v) is 14.0. The van der Waals surface area contributed by atoms with Crippen LogP contribution in [-0.4, -0.2) is 75.8 Å². The van der Waals surface area contributed by atoms with Crippen LogP contribution >= 0.6 is 0 Å². The van der Waals surface area contributed by atoms with Gasteiger partial charge >= 0.3 is 12.1 Å². The molecule has 41 heavy (non-hydrogen) atoms. The smallest absolute Gasteiger partial charge is 0.415 e. The van der Waals surface area contributed by atoms with E-state index in [2.05, 4.69) is 5.32 Å². The zero-order valence-electron chi connectivity index (χ0n) is 24.0. The zero-order chi connectivity index (χ0) is 29.2. The number of benzene rings is 1. The van der Waals surface area contributed by atoms with Gasteiger partial charge in [-0.1, -0.05) is 6.92 Å². The molecule has 6 rings (SSSR count). The first-order valence-electron chi connectivity index (χ1n) is 14.0. The summed E-state index contributed by atoms with van der Waals surface area (Å²) >= 11 is 0. The number of aromatic nitrogens is 2. The van der Waals surface area contributed by atoms with E-state index in [-0.39, 0.29) is 47.9 Å². The highest BCUT2D eigenvalue weighted by Gasteiger charge is 2.45. The van der Waals surface area contributed by atoms with Crippen molar-refractivity contribution >= 4 is 23.0 Å². The number of pyridine rings is 2. The topological polar surface area (TPSA) is 126 Å². The Bertz CT molecular complexity index is 1640. The average Bonchev–Trinajstić information content (AvgIpc) is 3.29. The minimum atomic E-state index is -1.88. The van der Waals surface area contributed by atoms with Crippen LogP contribution in [0.15, 0.2) is 29.1 Å². The summed E-state index contributed by atoms with van der Waals surface area (Å²) < 4.78 is 12.8. The lowest BCUT2D eigenvalue weighted by Gasteiger charge is -2.38. The number of aliphatic hydroxyl groups is 1. The number of esters is 1. The first-order chi connectivity index (χ1) is 19.5. The number of hydrogen-bond acceptors (Lipinski definition) is 9. The number of ether oxygens (including phenoxy) is 2. The number of nitrogens with zero attached hydrogens (tertiary/aromatic N) is 4. The number of carbonyl (C=O) groups is 2. The molecule has 1 unspecified atom stereocenters. The lowest BCUT2D eigenvalue weighted by atomic mass is 9.86. The quantitative estimate of drug-likeness (QED) is 0.361. The second-order valence-corrected chi connectivity index (χ2v) is 11.6. The molecule has 1 fully saturated rings. The van der Waals surface area contributed by atoms with Crippen molar-refractivity contribution in [3.8, 4) is 17.1 Å². The molecule has 2 N–H and O–H groups in total. The first kappa shape index (κ1) is 27.4. The number of carbonyl (C=O) groups excluding carboxylic acids is 2. The van der Waals surface area contributed by atoms with Gasteiger partial charge in [0.15, 0.2) is 5.60 Å². The van der Waals surface area contributed by atoms with E-state index >= 15 is 0 Å². The van der Waals surface area contributed by atoms with Gasteiger partial charge in [0.25, 0.3) is 5.56 Å². The largest absolute Gasteiger partial charge is 0.458 e. The summed E-state index contributed by atoms with van der Waals surface area (Å²) in [7, 11) is 3.90. The molecule has 3 aliphatic heterocycles. The molecule has 2 aromatic heterocycles. The van der Waals surface area contributed by atoms with Crippen LogP contribution in [0.3, 0.4) is 0 Å². The highest BCUT2D eigenvalue weighted by atomic mass is 16.6. The second-order valence-electron chi connectivity index (χ2n) is 11.6. The average molecular weight is 562 g/mol. The number of nitrogens with one attached hydrogen (secondary N) is 1. The van der Waals surface area contributed by atoms with Crippen LogP contribution in [0.5, 0.6) is 5.75 Å². The van der Waals surface area contributed by atoms with E-state index in [1.165, 1.54) is 0 Å². The highest BCUT2D eigenvalue weighted by molar-refractivity contribution is 5.90. The molecule has 1 amide bonds. The highest BCUT2D eigenvalue weighted by Crippen LogP contribution is 2.40. The molecular formula is C30H35N5O6. The predicted octanol–water partition coefficient (Wildman–Crippen LogP) is 2.32. The molecule has 11 heteroatoms. The van der Waals surface area contributed by atoms with Crippen molar-refractivity contribution in [3.05, 3.63) is 56.9 Å². The summed E-state index contributed by atoms with van der Waals surface area (Å²) in [4.78, 5) is 48.0. The Kier molecular flexibility index (Phi) is 6.63. The SMILES string of the molecule is CCC1(O)C(=O)OCc2c1cc1n(c2=O)Cc2cc3c(CN(C)C)c(OC(=O)N4[C@H](C)CNC[C@H]4C)ccc3nc2-1. The second kappa shape index (κ2) is 9.93. The molecule has 0 spiro atoms. The maximum atomic E-state index is 13.5. The lowest BCUT2D eigenvalue weighted by molar-refractivity contribution is -0.172. The summed E-state index contributed by atoms with van der Waals surface area (Å²) in [6.07, 6.45) is -0.301. The van der Waals surface area contributed by atoms with E-state index in [0.29, 0.717) is 48.8 Å². The van der Waals surface area contributed by atoms with Gasteiger partial charge in [-0.25, -0.2) is 14.6 Å². The van der Waals surface area contributed by atoms with Crippen LogP contribution in [0.25, 0.3) is 22.3 Å². The van der Waals surface area contributed by atoms with Gasteiger partial charge < -0.3 is 29.4 Å². The maximum absolute atomic E-state index is 13.5. The summed E-state index contributed by atoms with van der Waals surface area (Å²) in [5.74, 6) is -0.274. The van der Waals surface area contributed by atoms with Gasteiger partial charge in [-0.3, -0.25) is 9.69 Å². The van der Waals surface area contributed by atoms with E-state index in [0.717, 1.165) is 16.5 Å². The van der Waals surface area contributed by atoms with Crippen molar-refractivity contribution in [3.63, 3.8) is 0 Å². The van der Waals surface area contributed by atoms with Crippen LogP contribution in [0.1, 0.15) is 49.4 Å². The van der Waals surface area contributed by atoms with Crippen molar-refractivity contribution in [1.82, 2.24) is 24.7 Å².